The Bertz CT molecular complexity index is 205. The summed E-state index contributed by atoms with van der Waals surface area (Å²) < 4.78 is 5.49. The van der Waals surface area contributed by atoms with Gasteiger partial charge in [0.15, 0.2) is 0 Å². The van der Waals surface area contributed by atoms with Crippen molar-refractivity contribution in [2.75, 3.05) is 39.5 Å². The molecule has 4 heteroatoms. The van der Waals surface area contributed by atoms with Crippen molar-refractivity contribution in [2.24, 2.45) is 17.6 Å². The Hall–Kier alpha value is -0.160. The summed E-state index contributed by atoms with van der Waals surface area (Å²) >= 11 is 0. The van der Waals surface area contributed by atoms with Gasteiger partial charge in [0.2, 0.25) is 0 Å². The van der Waals surface area contributed by atoms with Gasteiger partial charge in [-0.2, -0.15) is 0 Å². The Morgan fingerprint density at radius 2 is 2.00 bits per heavy atom. The lowest BCUT2D eigenvalue weighted by Crippen LogP contribution is -2.47. The lowest BCUT2D eigenvalue weighted by Gasteiger charge is -2.37. The molecule has 2 unspecified atom stereocenters. The van der Waals surface area contributed by atoms with Crippen LogP contribution in [0, 0.1) is 11.8 Å². The Kier molecular flexibility index (Phi) is 4.58. The molecule has 0 saturated carbocycles. The minimum absolute atomic E-state index is 0.310. The van der Waals surface area contributed by atoms with Crippen LogP contribution in [0.25, 0.3) is 0 Å². The first kappa shape index (κ1) is 12.3. The standard InChI is InChI=1S/C12H24N2O2/c13-12-3-6-16-9-11(12)7-14-4-1-10(8-15)2-5-14/h10-12,15H,1-9,13H2. The molecule has 0 radical (unpaired) electrons. The zero-order valence-electron chi connectivity index (χ0n) is 9.98. The maximum atomic E-state index is 9.08. The van der Waals surface area contributed by atoms with Crippen molar-refractivity contribution in [1.82, 2.24) is 4.90 Å². The molecule has 2 aliphatic heterocycles. The topological polar surface area (TPSA) is 58.7 Å². The van der Waals surface area contributed by atoms with Crippen molar-refractivity contribution in [3.63, 3.8) is 0 Å². The van der Waals surface area contributed by atoms with Crippen LogP contribution in [0.4, 0.5) is 0 Å². The number of nitrogens with two attached hydrogens (primary N) is 1. The van der Waals surface area contributed by atoms with Gasteiger partial charge >= 0.3 is 0 Å². The first-order valence-electron chi connectivity index (χ1n) is 6.46. The average Bonchev–Trinajstić information content (AvgIpc) is 2.33. The molecule has 2 heterocycles. The van der Waals surface area contributed by atoms with Gasteiger partial charge in [-0.3, -0.25) is 0 Å². The molecule has 2 aliphatic rings. The number of likely N-dealkylation sites (tertiary alicyclic amines) is 1. The van der Waals surface area contributed by atoms with Gasteiger partial charge in [-0.25, -0.2) is 0 Å². The van der Waals surface area contributed by atoms with Crippen LogP contribution in [0.15, 0.2) is 0 Å². The number of hydrogen-bond acceptors (Lipinski definition) is 4. The van der Waals surface area contributed by atoms with Crippen LogP contribution in [-0.4, -0.2) is 55.5 Å². The highest BCUT2D eigenvalue weighted by atomic mass is 16.5. The molecule has 0 amide bonds. The van der Waals surface area contributed by atoms with Crippen LogP contribution in [0.3, 0.4) is 0 Å². The van der Waals surface area contributed by atoms with E-state index in [0.29, 0.717) is 24.5 Å². The van der Waals surface area contributed by atoms with Gasteiger partial charge in [0.25, 0.3) is 0 Å². The quantitative estimate of drug-likeness (QED) is 0.717. The van der Waals surface area contributed by atoms with Crippen LogP contribution in [0.2, 0.25) is 0 Å². The van der Waals surface area contributed by atoms with E-state index < -0.39 is 0 Å². The molecule has 0 spiro atoms. The summed E-state index contributed by atoms with van der Waals surface area (Å²) in [5.74, 6) is 1.02. The van der Waals surface area contributed by atoms with Gasteiger partial charge in [-0.15, -0.1) is 0 Å². The van der Waals surface area contributed by atoms with Gasteiger partial charge in [0.1, 0.15) is 0 Å². The fourth-order valence-corrected chi connectivity index (χ4v) is 2.68. The van der Waals surface area contributed by atoms with E-state index in [1.807, 2.05) is 0 Å². The van der Waals surface area contributed by atoms with Gasteiger partial charge in [-0.05, 0) is 38.3 Å². The highest BCUT2D eigenvalue weighted by molar-refractivity contribution is 4.81. The first-order valence-corrected chi connectivity index (χ1v) is 6.46. The molecule has 0 aromatic heterocycles. The molecular formula is C12H24N2O2. The molecule has 94 valence electrons. The molecule has 2 atom stereocenters. The van der Waals surface area contributed by atoms with Gasteiger partial charge < -0.3 is 20.5 Å². The fraction of sp³-hybridized carbons (Fsp3) is 1.00. The summed E-state index contributed by atoms with van der Waals surface area (Å²) in [5.41, 5.74) is 6.10. The maximum absolute atomic E-state index is 9.08. The first-order chi connectivity index (χ1) is 7.79. The van der Waals surface area contributed by atoms with Crippen molar-refractivity contribution in [3.05, 3.63) is 0 Å². The Morgan fingerprint density at radius 3 is 2.62 bits per heavy atom. The Morgan fingerprint density at radius 1 is 1.25 bits per heavy atom. The van der Waals surface area contributed by atoms with E-state index in [-0.39, 0.29) is 0 Å². The van der Waals surface area contributed by atoms with Crippen LogP contribution < -0.4 is 5.73 Å². The van der Waals surface area contributed by atoms with Crippen LogP contribution in [0.5, 0.6) is 0 Å². The number of piperidine rings is 1. The summed E-state index contributed by atoms with van der Waals surface area (Å²) in [6, 6.07) is 0.310. The maximum Gasteiger partial charge on any atom is 0.0521 e. The van der Waals surface area contributed by atoms with E-state index in [4.69, 9.17) is 15.6 Å². The molecule has 0 bridgehead atoms. The third kappa shape index (κ3) is 3.17. The van der Waals surface area contributed by atoms with Crippen LogP contribution >= 0.6 is 0 Å². The highest BCUT2D eigenvalue weighted by Crippen LogP contribution is 2.20. The summed E-state index contributed by atoms with van der Waals surface area (Å²) in [6.45, 7) is 5.27. The number of aliphatic hydroxyl groups is 1. The summed E-state index contributed by atoms with van der Waals surface area (Å²) in [6.07, 6.45) is 3.25. The largest absolute Gasteiger partial charge is 0.396 e. The van der Waals surface area contributed by atoms with Crippen molar-refractivity contribution in [1.29, 1.82) is 0 Å². The lowest BCUT2D eigenvalue weighted by atomic mass is 9.93. The minimum Gasteiger partial charge on any atom is -0.396 e. The van der Waals surface area contributed by atoms with Crippen molar-refractivity contribution in [2.45, 2.75) is 25.3 Å². The van der Waals surface area contributed by atoms with Crippen molar-refractivity contribution in [3.8, 4) is 0 Å². The fourth-order valence-electron chi connectivity index (χ4n) is 2.68. The summed E-state index contributed by atoms with van der Waals surface area (Å²) in [7, 11) is 0. The smallest absolute Gasteiger partial charge is 0.0521 e. The molecule has 0 aromatic rings. The minimum atomic E-state index is 0.310. The molecule has 0 aromatic carbocycles. The lowest BCUT2D eigenvalue weighted by molar-refractivity contribution is 0.0187. The molecule has 3 N–H and O–H groups in total. The van der Waals surface area contributed by atoms with E-state index in [2.05, 4.69) is 4.90 Å². The van der Waals surface area contributed by atoms with Crippen LogP contribution in [-0.2, 0) is 4.74 Å². The van der Waals surface area contributed by atoms with Crippen LogP contribution in [0.1, 0.15) is 19.3 Å². The van der Waals surface area contributed by atoms with E-state index in [9.17, 15) is 0 Å². The number of nitrogens with zero attached hydrogens (tertiary/aromatic N) is 1. The highest BCUT2D eigenvalue weighted by Gasteiger charge is 2.26. The zero-order chi connectivity index (χ0) is 11.4. The summed E-state index contributed by atoms with van der Waals surface area (Å²) in [5, 5.41) is 9.08. The van der Waals surface area contributed by atoms with Gasteiger partial charge in [0.05, 0.1) is 6.61 Å². The zero-order valence-corrected chi connectivity index (χ0v) is 9.98. The van der Waals surface area contributed by atoms with E-state index in [1.165, 1.54) is 0 Å². The van der Waals surface area contributed by atoms with E-state index in [0.717, 1.165) is 52.1 Å². The normalized spacial score (nSPS) is 34.1. The van der Waals surface area contributed by atoms with Gasteiger partial charge in [0, 0.05) is 31.7 Å². The average molecular weight is 228 g/mol. The predicted molar refractivity (Wildman–Crippen MR) is 63.2 cm³/mol. The Balaban J connectivity index is 1.73. The number of rotatable bonds is 3. The number of aliphatic hydroxyl groups excluding tert-OH is 1. The second-order valence-corrected chi connectivity index (χ2v) is 5.21. The Labute approximate surface area is 97.7 Å². The van der Waals surface area contributed by atoms with E-state index >= 15 is 0 Å². The molecule has 2 rings (SSSR count). The number of ether oxygens (including phenoxy) is 1. The van der Waals surface area contributed by atoms with Gasteiger partial charge in [-0.1, -0.05) is 0 Å². The molecular weight excluding hydrogens is 204 g/mol. The second kappa shape index (κ2) is 5.96. The SMILES string of the molecule is NC1CCOCC1CN1CCC(CO)CC1. The monoisotopic (exact) mass is 228 g/mol. The predicted octanol–water partition coefficient (Wildman–Crippen LogP) is 0.0545. The second-order valence-electron chi connectivity index (χ2n) is 5.21. The molecule has 2 saturated heterocycles. The molecule has 4 nitrogen and oxygen atoms in total. The number of hydrogen-bond donors (Lipinski definition) is 2. The third-order valence-corrected chi connectivity index (χ3v) is 3.99. The molecule has 0 aliphatic carbocycles. The summed E-state index contributed by atoms with van der Waals surface area (Å²) in [4.78, 5) is 2.48. The van der Waals surface area contributed by atoms with Crippen molar-refractivity contribution >= 4 is 0 Å². The third-order valence-electron chi connectivity index (χ3n) is 3.99. The van der Waals surface area contributed by atoms with Crippen molar-refractivity contribution < 1.29 is 9.84 Å². The van der Waals surface area contributed by atoms with E-state index in [1.54, 1.807) is 0 Å². The molecule has 16 heavy (non-hydrogen) atoms. The molecule has 2 fully saturated rings.